The van der Waals surface area contributed by atoms with Crippen LogP contribution in [0.3, 0.4) is 0 Å². The fraction of sp³-hybridized carbons (Fsp3) is 0.708. The Morgan fingerprint density at radius 2 is 1.75 bits per heavy atom. The molecule has 3 fully saturated rings. The zero-order valence-corrected chi connectivity index (χ0v) is 17.1. The topological polar surface area (TPSA) is 60.8 Å². The van der Waals surface area contributed by atoms with E-state index in [-0.39, 0.29) is 18.0 Å². The van der Waals surface area contributed by atoms with Crippen molar-refractivity contribution in [3.63, 3.8) is 0 Å². The third-order valence-corrected chi connectivity index (χ3v) is 7.74. The first-order valence-electron chi connectivity index (χ1n) is 11.2. The maximum Gasteiger partial charge on any atom is 0.223 e. The van der Waals surface area contributed by atoms with Crippen molar-refractivity contribution < 1.29 is 15.0 Å². The second kappa shape index (κ2) is 8.16. The highest BCUT2D eigenvalue weighted by atomic mass is 16.3. The number of amides is 1. The van der Waals surface area contributed by atoms with Gasteiger partial charge in [-0.2, -0.15) is 0 Å². The van der Waals surface area contributed by atoms with E-state index in [9.17, 15) is 15.0 Å². The molecular weight excluding hydrogens is 350 g/mol. The highest BCUT2D eigenvalue weighted by molar-refractivity contribution is 5.78. The smallest absolute Gasteiger partial charge is 0.223 e. The van der Waals surface area contributed by atoms with E-state index < -0.39 is 17.6 Å². The molecule has 154 valence electrons. The number of carbonyl (C=O) groups excluding carboxylic acids is 1. The van der Waals surface area contributed by atoms with Crippen molar-refractivity contribution in [2.75, 3.05) is 0 Å². The Morgan fingerprint density at radius 1 is 1.04 bits per heavy atom. The summed E-state index contributed by atoms with van der Waals surface area (Å²) in [5, 5.41) is 21.4. The van der Waals surface area contributed by atoms with Gasteiger partial charge in [0, 0.05) is 17.9 Å². The monoisotopic (exact) mass is 385 g/mol. The van der Waals surface area contributed by atoms with Crippen molar-refractivity contribution in [2.24, 2.45) is 11.3 Å². The van der Waals surface area contributed by atoms with Crippen LogP contribution in [0, 0.1) is 11.3 Å². The molecule has 0 aromatic heterocycles. The molecule has 4 nitrogen and oxygen atoms in total. The van der Waals surface area contributed by atoms with E-state index in [0.29, 0.717) is 18.8 Å². The Kier molecular flexibility index (Phi) is 5.80. The van der Waals surface area contributed by atoms with Gasteiger partial charge in [-0.15, -0.1) is 0 Å². The molecule has 0 unspecified atom stereocenters. The summed E-state index contributed by atoms with van der Waals surface area (Å²) in [5.74, 6) is 0.754. The quantitative estimate of drug-likeness (QED) is 0.819. The van der Waals surface area contributed by atoms with Gasteiger partial charge in [-0.05, 0) is 50.0 Å². The van der Waals surface area contributed by atoms with Gasteiger partial charge in [0.2, 0.25) is 5.91 Å². The maximum atomic E-state index is 13.6. The predicted octanol–water partition coefficient (Wildman–Crippen LogP) is 4.21. The molecular formula is C24H35NO3. The number of fused-ring (bicyclic) bond motifs is 1. The maximum absolute atomic E-state index is 13.6. The lowest BCUT2D eigenvalue weighted by Gasteiger charge is -2.39. The van der Waals surface area contributed by atoms with Crippen LogP contribution in [0.15, 0.2) is 30.3 Å². The molecule has 28 heavy (non-hydrogen) atoms. The van der Waals surface area contributed by atoms with Crippen molar-refractivity contribution in [1.82, 2.24) is 4.90 Å². The lowest BCUT2D eigenvalue weighted by molar-refractivity contribution is -0.137. The Morgan fingerprint density at radius 3 is 2.46 bits per heavy atom. The molecule has 1 saturated heterocycles. The molecule has 0 spiro atoms. The fourth-order valence-electron chi connectivity index (χ4n) is 6.14. The van der Waals surface area contributed by atoms with E-state index in [2.05, 4.69) is 24.0 Å². The molecule has 4 heteroatoms. The summed E-state index contributed by atoms with van der Waals surface area (Å²) < 4.78 is 0. The van der Waals surface area contributed by atoms with Crippen LogP contribution in [0.2, 0.25) is 0 Å². The van der Waals surface area contributed by atoms with E-state index in [1.807, 2.05) is 18.2 Å². The Labute approximate surface area is 168 Å². The lowest BCUT2D eigenvalue weighted by atomic mass is 9.74. The number of likely N-dealkylation sites (tertiary alicyclic amines) is 1. The highest BCUT2D eigenvalue weighted by Crippen LogP contribution is 2.53. The third-order valence-electron chi connectivity index (χ3n) is 7.74. The van der Waals surface area contributed by atoms with Crippen LogP contribution in [-0.4, -0.2) is 39.3 Å². The molecule has 1 aromatic rings. The summed E-state index contributed by atoms with van der Waals surface area (Å²) in [5.41, 5.74) is 0.689. The first kappa shape index (κ1) is 19.9. The van der Waals surface area contributed by atoms with E-state index in [0.717, 1.165) is 24.8 Å². The van der Waals surface area contributed by atoms with Gasteiger partial charge in [-0.1, -0.05) is 56.5 Å². The standard InChI is InChI=1S/C24H35NO3/c1-24-16-19(18-11-6-3-7-12-18)25(21(24)14-8-13-20(26)23(24)28)22(27)15-17-9-4-2-5-10-17/h3,6-7,11-12,17,19-21,23,26,28H,2,4-5,8-10,13-16H2,1H3/t19-,20+,21-,23+,24-/m1/s1. The van der Waals surface area contributed by atoms with Gasteiger partial charge < -0.3 is 15.1 Å². The minimum absolute atomic E-state index is 0.000877. The van der Waals surface area contributed by atoms with Gasteiger partial charge in [0.1, 0.15) is 0 Å². The summed E-state index contributed by atoms with van der Waals surface area (Å²) in [7, 11) is 0. The average Bonchev–Trinajstić information content (AvgIpc) is 2.97. The molecule has 1 amide bonds. The highest BCUT2D eigenvalue weighted by Gasteiger charge is 2.56. The Hall–Kier alpha value is -1.39. The van der Waals surface area contributed by atoms with Crippen LogP contribution >= 0.6 is 0 Å². The van der Waals surface area contributed by atoms with E-state index in [1.54, 1.807) is 0 Å². The minimum atomic E-state index is -0.779. The summed E-state index contributed by atoms with van der Waals surface area (Å²) in [6.45, 7) is 2.08. The molecule has 0 bridgehead atoms. The molecule has 3 aliphatic rings. The SMILES string of the molecule is C[C@@]12C[C@H](c3ccccc3)N(C(=O)CC3CCCCC3)[C@@H]1CCC[C@H](O)[C@@H]2O. The lowest BCUT2D eigenvalue weighted by Crippen LogP contribution is -2.49. The van der Waals surface area contributed by atoms with E-state index in [1.165, 1.54) is 32.1 Å². The molecule has 1 aliphatic heterocycles. The van der Waals surface area contributed by atoms with Crippen molar-refractivity contribution in [1.29, 1.82) is 0 Å². The van der Waals surface area contributed by atoms with Gasteiger partial charge in [0.05, 0.1) is 18.2 Å². The second-order valence-electron chi connectivity index (χ2n) is 9.60. The first-order chi connectivity index (χ1) is 13.5. The second-order valence-corrected chi connectivity index (χ2v) is 9.60. The van der Waals surface area contributed by atoms with E-state index in [4.69, 9.17) is 0 Å². The molecule has 2 saturated carbocycles. The molecule has 0 radical (unpaired) electrons. The number of aliphatic hydroxyl groups is 2. The molecule has 2 N–H and O–H groups in total. The summed E-state index contributed by atoms with van der Waals surface area (Å²) >= 11 is 0. The zero-order valence-electron chi connectivity index (χ0n) is 17.1. The van der Waals surface area contributed by atoms with Crippen LogP contribution in [-0.2, 0) is 4.79 Å². The van der Waals surface area contributed by atoms with Gasteiger partial charge in [-0.3, -0.25) is 4.79 Å². The van der Waals surface area contributed by atoms with Gasteiger partial charge in [0.25, 0.3) is 0 Å². The number of benzene rings is 1. The first-order valence-corrected chi connectivity index (χ1v) is 11.2. The summed E-state index contributed by atoms with van der Waals surface area (Å²) in [6, 6.07) is 10.3. The largest absolute Gasteiger partial charge is 0.390 e. The van der Waals surface area contributed by atoms with Crippen molar-refractivity contribution in [2.45, 2.75) is 95.4 Å². The number of nitrogens with zero attached hydrogens (tertiary/aromatic N) is 1. The molecule has 5 atom stereocenters. The Bertz CT molecular complexity index is 672. The predicted molar refractivity (Wildman–Crippen MR) is 110 cm³/mol. The molecule has 4 rings (SSSR count). The fourth-order valence-corrected chi connectivity index (χ4v) is 6.14. The van der Waals surface area contributed by atoms with Crippen LogP contribution < -0.4 is 0 Å². The van der Waals surface area contributed by atoms with Crippen LogP contribution in [0.1, 0.15) is 82.7 Å². The van der Waals surface area contributed by atoms with Crippen LogP contribution in [0.5, 0.6) is 0 Å². The average molecular weight is 386 g/mol. The van der Waals surface area contributed by atoms with Gasteiger partial charge in [-0.25, -0.2) is 0 Å². The summed E-state index contributed by atoms with van der Waals surface area (Å²) in [4.78, 5) is 15.7. The van der Waals surface area contributed by atoms with Gasteiger partial charge >= 0.3 is 0 Å². The number of carbonyl (C=O) groups is 1. The number of hydrogen-bond acceptors (Lipinski definition) is 3. The Balaban J connectivity index is 1.65. The van der Waals surface area contributed by atoms with E-state index >= 15 is 0 Å². The molecule has 1 heterocycles. The molecule has 2 aliphatic carbocycles. The van der Waals surface area contributed by atoms with Crippen molar-refractivity contribution in [3.05, 3.63) is 35.9 Å². The normalized spacial score (nSPS) is 36.8. The van der Waals surface area contributed by atoms with Crippen molar-refractivity contribution in [3.8, 4) is 0 Å². The van der Waals surface area contributed by atoms with Crippen LogP contribution in [0.25, 0.3) is 0 Å². The zero-order chi connectivity index (χ0) is 19.7. The van der Waals surface area contributed by atoms with Gasteiger partial charge in [0.15, 0.2) is 0 Å². The number of hydrogen-bond donors (Lipinski definition) is 2. The van der Waals surface area contributed by atoms with Crippen LogP contribution in [0.4, 0.5) is 0 Å². The third kappa shape index (κ3) is 3.61. The van der Waals surface area contributed by atoms with Crippen molar-refractivity contribution >= 4 is 5.91 Å². The molecule has 1 aromatic carbocycles. The minimum Gasteiger partial charge on any atom is -0.390 e. The number of rotatable bonds is 3. The summed E-state index contributed by atoms with van der Waals surface area (Å²) in [6.07, 6.45) is 8.33. The number of aliphatic hydroxyl groups excluding tert-OH is 2.